The van der Waals surface area contributed by atoms with E-state index in [9.17, 15) is 9.59 Å². The molecule has 1 aliphatic heterocycles. The summed E-state index contributed by atoms with van der Waals surface area (Å²) in [5.74, 6) is 1.08. The molecule has 0 aromatic rings. The van der Waals surface area contributed by atoms with Gasteiger partial charge in [-0.25, -0.2) is 4.79 Å². The number of nitrogens with zero attached hydrogens (tertiary/aromatic N) is 1. The van der Waals surface area contributed by atoms with Gasteiger partial charge in [-0.1, -0.05) is 12.8 Å². The van der Waals surface area contributed by atoms with Crippen LogP contribution in [0.15, 0.2) is 0 Å². The second-order valence-electron chi connectivity index (χ2n) is 7.35. The van der Waals surface area contributed by atoms with E-state index in [2.05, 4.69) is 15.5 Å². The average Bonchev–Trinajstić information content (AvgIpc) is 2.53. The number of carbonyl (C=O) groups is 2. The Morgan fingerprint density at radius 2 is 1.83 bits per heavy atom. The van der Waals surface area contributed by atoms with Crippen molar-refractivity contribution in [2.24, 2.45) is 5.92 Å². The van der Waals surface area contributed by atoms with Gasteiger partial charge >= 0.3 is 6.03 Å². The molecule has 1 aliphatic carbocycles. The fourth-order valence-electron chi connectivity index (χ4n) is 3.99. The van der Waals surface area contributed by atoms with Crippen LogP contribution >= 0.6 is 0 Å². The summed E-state index contributed by atoms with van der Waals surface area (Å²) in [5, 5.41) is 5.64. The van der Waals surface area contributed by atoms with Gasteiger partial charge < -0.3 is 15.5 Å². The van der Waals surface area contributed by atoms with Crippen LogP contribution in [0.25, 0.3) is 0 Å². The van der Waals surface area contributed by atoms with E-state index in [4.69, 9.17) is 0 Å². The van der Waals surface area contributed by atoms with Crippen molar-refractivity contribution in [3.8, 4) is 0 Å². The van der Waals surface area contributed by atoms with E-state index in [1.165, 1.54) is 38.5 Å². The van der Waals surface area contributed by atoms with Crippen LogP contribution < -0.4 is 10.6 Å². The molecule has 0 aromatic heterocycles. The predicted molar refractivity (Wildman–Crippen MR) is 92.2 cm³/mol. The number of unbranched alkanes of at least 4 members (excludes halogenated alkanes) is 1. The zero-order chi connectivity index (χ0) is 16.7. The minimum Gasteiger partial charge on any atom is -0.339 e. The highest BCUT2D eigenvalue weighted by atomic mass is 16.2. The lowest BCUT2D eigenvalue weighted by Gasteiger charge is -2.44. The number of urea groups is 1. The molecule has 2 rings (SSSR count). The molecule has 5 nitrogen and oxygen atoms in total. The highest BCUT2D eigenvalue weighted by molar-refractivity contribution is 5.76. The van der Waals surface area contributed by atoms with E-state index >= 15 is 0 Å². The van der Waals surface area contributed by atoms with Crippen LogP contribution in [0.2, 0.25) is 0 Å². The number of carbonyl (C=O) groups excluding carboxylic acids is 2. The van der Waals surface area contributed by atoms with Crippen LogP contribution in [0, 0.1) is 5.92 Å². The topological polar surface area (TPSA) is 61.4 Å². The lowest BCUT2D eigenvalue weighted by atomic mass is 9.78. The normalized spacial score (nSPS) is 24.2. The zero-order valence-corrected chi connectivity index (χ0v) is 14.8. The largest absolute Gasteiger partial charge is 0.339 e. The number of piperidine rings is 1. The first kappa shape index (κ1) is 18.1. The third kappa shape index (κ3) is 5.70. The summed E-state index contributed by atoms with van der Waals surface area (Å²) in [6, 6.07) is 0.548. The summed E-state index contributed by atoms with van der Waals surface area (Å²) in [6.45, 7) is 5.47. The molecular weight excluding hydrogens is 290 g/mol. The molecule has 0 aromatic carbocycles. The van der Waals surface area contributed by atoms with E-state index in [1.54, 1.807) is 0 Å². The second-order valence-corrected chi connectivity index (χ2v) is 7.35. The van der Waals surface area contributed by atoms with Crippen molar-refractivity contribution in [2.75, 3.05) is 13.1 Å². The van der Waals surface area contributed by atoms with Gasteiger partial charge in [-0.05, 0) is 58.3 Å². The van der Waals surface area contributed by atoms with Crippen molar-refractivity contribution in [2.45, 2.75) is 83.7 Å². The van der Waals surface area contributed by atoms with Gasteiger partial charge in [-0.3, -0.25) is 4.79 Å². The van der Waals surface area contributed by atoms with Crippen LogP contribution in [-0.2, 0) is 4.79 Å². The minimum absolute atomic E-state index is 0.118. The fraction of sp³-hybridized carbons (Fsp3) is 0.889. The zero-order valence-electron chi connectivity index (χ0n) is 14.8. The van der Waals surface area contributed by atoms with E-state index < -0.39 is 0 Å². The fourth-order valence-corrected chi connectivity index (χ4v) is 3.99. The summed E-state index contributed by atoms with van der Waals surface area (Å²) in [5.41, 5.74) is 0. The Bertz CT molecular complexity index is 396. The van der Waals surface area contributed by atoms with E-state index in [0.717, 1.165) is 25.3 Å². The molecule has 0 spiro atoms. The Balaban J connectivity index is 1.63. The van der Waals surface area contributed by atoms with Crippen molar-refractivity contribution in [1.29, 1.82) is 0 Å². The highest BCUT2D eigenvalue weighted by Crippen LogP contribution is 2.35. The quantitative estimate of drug-likeness (QED) is 0.738. The SMILES string of the molecule is CC(C)NC(=O)NCCCCC(=O)N1CCCC2CCCCC21. The Hall–Kier alpha value is -1.26. The van der Waals surface area contributed by atoms with E-state index in [-0.39, 0.29) is 12.1 Å². The Kier molecular flexibility index (Phi) is 7.18. The Labute approximate surface area is 140 Å². The van der Waals surface area contributed by atoms with Gasteiger partial charge in [0.2, 0.25) is 5.91 Å². The van der Waals surface area contributed by atoms with Crippen molar-refractivity contribution >= 4 is 11.9 Å². The summed E-state index contributed by atoms with van der Waals surface area (Å²) in [4.78, 5) is 26.2. The van der Waals surface area contributed by atoms with Gasteiger partial charge in [-0.15, -0.1) is 0 Å². The maximum atomic E-state index is 12.5. The Morgan fingerprint density at radius 1 is 1.09 bits per heavy atom. The van der Waals surface area contributed by atoms with Crippen molar-refractivity contribution < 1.29 is 9.59 Å². The van der Waals surface area contributed by atoms with Crippen molar-refractivity contribution in [1.82, 2.24) is 15.5 Å². The maximum Gasteiger partial charge on any atom is 0.314 e. The second kappa shape index (κ2) is 9.14. The minimum atomic E-state index is -0.118. The first-order valence-corrected chi connectivity index (χ1v) is 9.41. The molecule has 23 heavy (non-hydrogen) atoms. The van der Waals surface area contributed by atoms with Crippen molar-refractivity contribution in [3.05, 3.63) is 0 Å². The molecule has 132 valence electrons. The van der Waals surface area contributed by atoms with Gasteiger partial charge in [0.05, 0.1) is 0 Å². The molecule has 0 bridgehead atoms. The predicted octanol–water partition coefficient (Wildman–Crippen LogP) is 3.05. The standard InChI is InChI=1S/C18H33N3O2/c1-14(2)20-18(23)19-12-6-5-11-17(22)21-13-7-9-15-8-3-4-10-16(15)21/h14-16H,3-13H2,1-2H3,(H2,19,20,23). The molecule has 1 saturated carbocycles. The highest BCUT2D eigenvalue weighted by Gasteiger charge is 2.35. The number of hydrogen-bond donors (Lipinski definition) is 2. The number of rotatable bonds is 6. The molecule has 2 unspecified atom stereocenters. The Morgan fingerprint density at radius 3 is 2.61 bits per heavy atom. The molecule has 2 fully saturated rings. The summed E-state index contributed by atoms with van der Waals surface area (Å²) >= 11 is 0. The molecular formula is C18H33N3O2. The number of likely N-dealkylation sites (tertiary alicyclic amines) is 1. The van der Waals surface area contributed by atoms with Crippen LogP contribution in [-0.4, -0.2) is 42.0 Å². The lowest BCUT2D eigenvalue weighted by Crippen LogP contribution is -2.49. The third-order valence-electron chi connectivity index (χ3n) is 5.09. The van der Waals surface area contributed by atoms with E-state index in [0.29, 0.717) is 24.9 Å². The molecule has 3 amide bonds. The van der Waals surface area contributed by atoms with Gasteiger partial charge in [0, 0.05) is 31.6 Å². The van der Waals surface area contributed by atoms with Gasteiger partial charge in [0.1, 0.15) is 0 Å². The first-order chi connectivity index (χ1) is 11.1. The van der Waals surface area contributed by atoms with Gasteiger partial charge in [0.15, 0.2) is 0 Å². The van der Waals surface area contributed by atoms with Crippen LogP contribution in [0.5, 0.6) is 0 Å². The molecule has 5 heteroatoms. The molecule has 2 atom stereocenters. The van der Waals surface area contributed by atoms with Gasteiger partial charge in [0.25, 0.3) is 0 Å². The maximum absolute atomic E-state index is 12.5. The summed E-state index contributed by atoms with van der Waals surface area (Å²) in [7, 11) is 0. The molecule has 2 aliphatic rings. The van der Waals surface area contributed by atoms with E-state index in [1.807, 2.05) is 13.8 Å². The molecule has 1 saturated heterocycles. The van der Waals surface area contributed by atoms with Gasteiger partial charge in [-0.2, -0.15) is 0 Å². The molecule has 2 N–H and O–H groups in total. The number of hydrogen-bond acceptors (Lipinski definition) is 2. The summed E-state index contributed by atoms with van der Waals surface area (Å²) in [6.07, 6.45) is 9.95. The number of nitrogens with one attached hydrogen (secondary N) is 2. The third-order valence-corrected chi connectivity index (χ3v) is 5.09. The average molecular weight is 323 g/mol. The van der Waals surface area contributed by atoms with Crippen LogP contribution in [0.3, 0.4) is 0 Å². The number of fused-ring (bicyclic) bond motifs is 1. The van der Waals surface area contributed by atoms with Crippen LogP contribution in [0.4, 0.5) is 4.79 Å². The number of amides is 3. The smallest absolute Gasteiger partial charge is 0.314 e. The molecule has 0 radical (unpaired) electrons. The van der Waals surface area contributed by atoms with Crippen LogP contribution in [0.1, 0.15) is 71.6 Å². The monoisotopic (exact) mass is 323 g/mol. The van der Waals surface area contributed by atoms with Crippen molar-refractivity contribution in [3.63, 3.8) is 0 Å². The summed E-state index contributed by atoms with van der Waals surface area (Å²) < 4.78 is 0. The first-order valence-electron chi connectivity index (χ1n) is 9.41. The lowest BCUT2D eigenvalue weighted by molar-refractivity contribution is -0.137. The molecule has 1 heterocycles.